The molecule has 0 amide bonds. The van der Waals surface area contributed by atoms with Gasteiger partial charge in [0.25, 0.3) is 11.4 Å². The largest absolute Gasteiger partial charge is 0.416 e. The summed E-state index contributed by atoms with van der Waals surface area (Å²) in [4.78, 5) is 20.1. The predicted molar refractivity (Wildman–Crippen MR) is 89.6 cm³/mol. The van der Waals surface area contributed by atoms with E-state index in [1.54, 1.807) is 0 Å². The van der Waals surface area contributed by atoms with Crippen LogP contribution in [0.1, 0.15) is 24.5 Å². The maximum atomic E-state index is 11.9. The first-order valence-electron chi connectivity index (χ1n) is 7.41. The third kappa shape index (κ3) is 5.72. The minimum Gasteiger partial charge on any atom is -0.399 e. The van der Waals surface area contributed by atoms with Gasteiger partial charge in [-0.25, -0.2) is 0 Å². The van der Waals surface area contributed by atoms with Crippen molar-refractivity contribution in [1.29, 1.82) is 0 Å². The monoisotopic (exact) mass is 371 g/mol. The molecule has 26 heavy (non-hydrogen) atoms. The molecule has 2 aromatic carbocycles. The number of nitrogen functional groups attached to an aromatic ring is 1. The minimum atomic E-state index is -4.27. The van der Waals surface area contributed by atoms with Gasteiger partial charge < -0.3 is 5.73 Å². The molecule has 0 heterocycles. The standard InChI is InChI=1S/C9H10N2O4.C7H6F3N/c1-2-4-7-8(10(12)13)5-3-6-9(7)11(14)15;8-7(9,10)5-1-3-6(11)4-2-5/h3,5-6H,2,4H2,1H3;1-4H,11H2. The van der Waals surface area contributed by atoms with Crippen LogP contribution in [0.25, 0.3) is 0 Å². The highest BCUT2D eigenvalue weighted by molar-refractivity contribution is 5.53. The molecule has 2 aromatic rings. The first kappa shape index (κ1) is 20.9. The van der Waals surface area contributed by atoms with Crippen LogP contribution in [0.3, 0.4) is 0 Å². The van der Waals surface area contributed by atoms with E-state index in [1.165, 1.54) is 30.3 Å². The zero-order valence-corrected chi connectivity index (χ0v) is 13.7. The van der Waals surface area contributed by atoms with Crippen molar-refractivity contribution in [2.75, 3.05) is 5.73 Å². The summed E-state index contributed by atoms with van der Waals surface area (Å²) in [6.45, 7) is 1.82. The summed E-state index contributed by atoms with van der Waals surface area (Å²) in [5, 5.41) is 21.3. The van der Waals surface area contributed by atoms with E-state index < -0.39 is 21.6 Å². The Hall–Kier alpha value is -3.17. The summed E-state index contributed by atoms with van der Waals surface area (Å²) in [6, 6.07) is 8.27. The van der Waals surface area contributed by atoms with Crippen LogP contribution in [0.2, 0.25) is 0 Å². The van der Waals surface area contributed by atoms with Crippen molar-refractivity contribution < 1.29 is 23.0 Å². The second-order valence-corrected chi connectivity index (χ2v) is 5.16. The summed E-state index contributed by atoms with van der Waals surface area (Å²) in [5.41, 5.74) is 4.71. The molecule has 0 aliphatic carbocycles. The summed E-state index contributed by atoms with van der Waals surface area (Å²) in [5.74, 6) is 0. The number of nitrogens with zero attached hydrogens (tertiary/aromatic N) is 2. The molecule has 2 rings (SSSR count). The average Bonchev–Trinajstić information content (AvgIpc) is 2.55. The second-order valence-electron chi connectivity index (χ2n) is 5.16. The lowest BCUT2D eigenvalue weighted by atomic mass is 10.1. The van der Waals surface area contributed by atoms with E-state index in [0.29, 0.717) is 18.5 Å². The van der Waals surface area contributed by atoms with E-state index in [0.717, 1.165) is 12.1 Å². The summed E-state index contributed by atoms with van der Waals surface area (Å²) in [7, 11) is 0. The highest BCUT2D eigenvalue weighted by Crippen LogP contribution is 2.30. The van der Waals surface area contributed by atoms with E-state index in [9.17, 15) is 33.4 Å². The highest BCUT2D eigenvalue weighted by Gasteiger charge is 2.29. The van der Waals surface area contributed by atoms with Crippen LogP contribution < -0.4 is 5.73 Å². The van der Waals surface area contributed by atoms with Gasteiger partial charge in [0, 0.05) is 17.8 Å². The molecule has 2 N–H and O–H groups in total. The van der Waals surface area contributed by atoms with Crippen LogP contribution in [-0.2, 0) is 12.6 Å². The zero-order valence-electron chi connectivity index (χ0n) is 13.7. The van der Waals surface area contributed by atoms with Crippen molar-refractivity contribution in [3.8, 4) is 0 Å². The van der Waals surface area contributed by atoms with Gasteiger partial charge >= 0.3 is 6.18 Å². The van der Waals surface area contributed by atoms with Gasteiger partial charge in [0.05, 0.1) is 15.4 Å². The molecule has 0 saturated heterocycles. The Morgan fingerprint density at radius 2 is 1.42 bits per heavy atom. The molecular formula is C16H16F3N3O4. The van der Waals surface area contributed by atoms with E-state index in [4.69, 9.17) is 5.73 Å². The lowest BCUT2D eigenvalue weighted by Crippen LogP contribution is -2.04. The number of anilines is 1. The molecule has 0 aliphatic rings. The fraction of sp³-hybridized carbons (Fsp3) is 0.250. The van der Waals surface area contributed by atoms with Crippen LogP contribution in [0.5, 0.6) is 0 Å². The Bertz CT molecular complexity index is 745. The normalized spacial score (nSPS) is 10.6. The summed E-state index contributed by atoms with van der Waals surface area (Å²) in [6.07, 6.45) is -3.30. The Morgan fingerprint density at radius 1 is 0.962 bits per heavy atom. The maximum absolute atomic E-state index is 11.9. The van der Waals surface area contributed by atoms with Gasteiger partial charge in [-0.3, -0.25) is 20.2 Å². The van der Waals surface area contributed by atoms with Crippen LogP contribution in [-0.4, -0.2) is 9.85 Å². The van der Waals surface area contributed by atoms with Gasteiger partial charge in [-0.05, 0) is 36.8 Å². The Labute approximate surface area is 146 Å². The van der Waals surface area contributed by atoms with Crippen LogP contribution in [0.15, 0.2) is 42.5 Å². The van der Waals surface area contributed by atoms with Crippen LogP contribution >= 0.6 is 0 Å². The first-order valence-corrected chi connectivity index (χ1v) is 7.41. The molecule has 0 atom stereocenters. The number of alkyl halides is 3. The van der Waals surface area contributed by atoms with Gasteiger partial charge in [0.1, 0.15) is 5.56 Å². The van der Waals surface area contributed by atoms with Crippen LogP contribution in [0.4, 0.5) is 30.2 Å². The number of hydrogen-bond donors (Lipinski definition) is 1. The molecule has 0 fully saturated rings. The Morgan fingerprint density at radius 3 is 1.77 bits per heavy atom. The lowest BCUT2D eigenvalue weighted by Gasteiger charge is -2.05. The molecule has 0 saturated carbocycles. The Kier molecular flexibility index (Phi) is 7.06. The summed E-state index contributed by atoms with van der Waals surface area (Å²) < 4.78 is 35.6. The van der Waals surface area contributed by atoms with Gasteiger partial charge in [0.2, 0.25) is 0 Å². The molecule has 140 valence electrons. The molecule has 10 heteroatoms. The number of nitrogens with two attached hydrogens (primary N) is 1. The topological polar surface area (TPSA) is 112 Å². The number of rotatable bonds is 4. The Balaban J connectivity index is 0.000000273. The molecular weight excluding hydrogens is 355 g/mol. The second kappa shape index (κ2) is 8.79. The van der Waals surface area contributed by atoms with Crippen molar-refractivity contribution in [2.45, 2.75) is 25.9 Å². The number of benzene rings is 2. The molecule has 0 unspecified atom stereocenters. The van der Waals surface area contributed by atoms with E-state index in [2.05, 4.69) is 0 Å². The van der Waals surface area contributed by atoms with Gasteiger partial charge in [0.15, 0.2) is 0 Å². The van der Waals surface area contributed by atoms with Crippen molar-refractivity contribution in [1.82, 2.24) is 0 Å². The molecule has 0 spiro atoms. The first-order chi connectivity index (χ1) is 12.1. The number of nitro benzene ring substituents is 2. The van der Waals surface area contributed by atoms with Crippen LogP contribution in [0, 0.1) is 20.2 Å². The smallest absolute Gasteiger partial charge is 0.399 e. The number of nitro groups is 2. The van der Waals surface area contributed by atoms with E-state index in [1.807, 2.05) is 6.92 Å². The lowest BCUT2D eigenvalue weighted by molar-refractivity contribution is -0.395. The van der Waals surface area contributed by atoms with Crippen molar-refractivity contribution in [2.24, 2.45) is 0 Å². The van der Waals surface area contributed by atoms with Crippen molar-refractivity contribution >= 4 is 17.1 Å². The third-order valence-electron chi connectivity index (χ3n) is 3.26. The van der Waals surface area contributed by atoms with Crippen molar-refractivity contribution in [3.05, 3.63) is 73.8 Å². The number of halogens is 3. The molecule has 0 radical (unpaired) electrons. The minimum absolute atomic E-state index is 0.175. The van der Waals surface area contributed by atoms with Gasteiger partial charge in [-0.15, -0.1) is 0 Å². The highest BCUT2D eigenvalue weighted by atomic mass is 19.4. The molecule has 0 aliphatic heterocycles. The quantitative estimate of drug-likeness (QED) is 0.474. The SMILES string of the molecule is CCCc1c([N+](=O)[O-])cccc1[N+](=O)[O-].Nc1ccc(C(F)(F)F)cc1. The third-order valence-corrected chi connectivity index (χ3v) is 3.26. The molecule has 0 bridgehead atoms. The summed E-state index contributed by atoms with van der Waals surface area (Å²) >= 11 is 0. The molecule has 7 nitrogen and oxygen atoms in total. The maximum Gasteiger partial charge on any atom is 0.416 e. The fourth-order valence-corrected chi connectivity index (χ4v) is 2.08. The van der Waals surface area contributed by atoms with Gasteiger partial charge in [-0.1, -0.05) is 13.3 Å². The van der Waals surface area contributed by atoms with E-state index in [-0.39, 0.29) is 16.9 Å². The van der Waals surface area contributed by atoms with E-state index >= 15 is 0 Å². The fourth-order valence-electron chi connectivity index (χ4n) is 2.08. The zero-order chi connectivity index (χ0) is 19.9. The average molecular weight is 371 g/mol. The number of hydrogen-bond acceptors (Lipinski definition) is 5. The predicted octanol–water partition coefficient (Wildman–Crippen LogP) is 4.74. The van der Waals surface area contributed by atoms with Crippen molar-refractivity contribution in [3.63, 3.8) is 0 Å². The molecule has 0 aromatic heterocycles. The van der Waals surface area contributed by atoms with Gasteiger partial charge in [-0.2, -0.15) is 13.2 Å².